The van der Waals surface area contributed by atoms with Gasteiger partial charge >= 0.3 is 0 Å². The summed E-state index contributed by atoms with van der Waals surface area (Å²) in [6, 6.07) is 1.67. The molecule has 2 heterocycles. The van der Waals surface area contributed by atoms with Crippen LogP contribution in [0.25, 0.3) is 0 Å². The Bertz CT molecular complexity index is 535. The van der Waals surface area contributed by atoms with E-state index >= 15 is 0 Å². The summed E-state index contributed by atoms with van der Waals surface area (Å²) in [7, 11) is 0. The van der Waals surface area contributed by atoms with E-state index in [1.54, 1.807) is 19.2 Å². The lowest BCUT2D eigenvalue weighted by molar-refractivity contribution is -0.113. The van der Waals surface area contributed by atoms with Crippen molar-refractivity contribution in [2.24, 2.45) is 0 Å². The molecule has 0 unspecified atom stereocenters. The number of rotatable bonds is 5. The number of nitrogens with one attached hydrogen (secondary N) is 2. The van der Waals surface area contributed by atoms with Gasteiger partial charge in [0.15, 0.2) is 11.0 Å². The predicted molar refractivity (Wildman–Crippen MR) is 68.6 cm³/mol. The molecule has 7 heteroatoms. The first-order chi connectivity index (χ1) is 8.67. The molecule has 96 valence electrons. The maximum Gasteiger partial charge on any atom is 0.236 e. The minimum Gasteiger partial charge on any atom is -0.360 e. The topological polar surface area (TPSA) is 83.8 Å². The molecule has 0 aromatic carbocycles. The third-order valence-electron chi connectivity index (χ3n) is 2.22. The average molecular weight is 266 g/mol. The summed E-state index contributed by atoms with van der Waals surface area (Å²) in [6.45, 7) is 3.81. The van der Waals surface area contributed by atoms with E-state index in [0.717, 1.165) is 17.3 Å². The smallest absolute Gasteiger partial charge is 0.236 e. The van der Waals surface area contributed by atoms with Gasteiger partial charge in [-0.2, -0.15) is 0 Å². The minimum atomic E-state index is -0.136. The van der Waals surface area contributed by atoms with Gasteiger partial charge in [0, 0.05) is 18.0 Å². The molecular weight excluding hydrogens is 252 g/mol. The molecule has 0 radical (unpaired) electrons. The molecule has 0 saturated carbocycles. The van der Waals surface area contributed by atoms with Crippen LogP contribution in [0.3, 0.4) is 0 Å². The summed E-state index contributed by atoms with van der Waals surface area (Å²) >= 11 is 1.35. The predicted octanol–water partition coefficient (Wildman–Crippen LogP) is 2.00. The fraction of sp³-hybridized carbons (Fsp3) is 0.364. The summed E-state index contributed by atoms with van der Waals surface area (Å²) in [5, 5.41) is 7.08. The molecule has 0 aliphatic rings. The Morgan fingerprint density at radius 1 is 1.61 bits per heavy atom. The van der Waals surface area contributed by atoms with Crippen molar-refractivity contribution in [3.63, 3.8) is 0 Å². The fourth-order valence-electron chi connectivity index (χ4n) is 1.33. The van der Waals surface area contributed by atoms with Crippen LogP contribution in [0, 0.1) is 6.92 Å². The van der Waals surface area contributed by atoms with E-state index in [4.69, 9.17) is 4.52 Å². The van der Waals surface area contributed by atoms with Gasteiger partial charge in [0.25, 0.3) is 0 Å². The van der Waals surface area contributed by atoms with E-state index < -0.39 is 0 Å². The lowest BCUT2D eigenvalue weighted by Crippen LogP contribution is -2.14. The Kier molecular flexibility index (Phi) is 4.03. The molecule has 0 fully saturated rings. The van der Waals surface area contributed by atoms with Gasteiger partial charge in [-0.1, -0.05) is 23.8 Å². The van der Waals surface area contributed by atoms with Crippen molar-refractivity contribution >= 4 is 23.5 Å². The number of aromatic amines is 1. The van der Waals surface area contributed by atoms with E-state index in [1.807, 2.05) is 6.92 Å². The number of hydrogen-bond acceptors (Lipinski definition) is 5. The molecule has 2 rings (SSSR count). The molecule has 1 amide bonds. The highest BCUT2D eigenvalue weighted by atomic mass is 32.2. The number of carbonyl (C=O) groups excluding carboxylic acids is 1. The van der Waals surface area contributed by atoms with Crippen LogP contribution in [0.2, 0.25) is 0 Å². The van der Waals surface area contributed by atoms with Crippen LogP contribution in [-0.4, -0.2) is 26.8 Å². The maximum atomic E-state index is 11.6. The number of thioether (sulfide) groups is 1. The third-order valence-corrected chi connectivity index (χ3v) is 3.11. The Balaban J connectivity index is 1.81. The molecule has 0 saturated heterocycles. The Hall–Kier alpha value is -1.76. The second kappa shape index (κ2) is 5.72. The largest absolute Gasteiger partial charge is 0.360 e. The van der Waals surface area contributed by atoms with Gasteiger partial charge in [0.2, 0.25) is 5.91 Å². The van der Waals surface area contributed by atoms with Crippen LogP contribution >= 0.6 is 11.8 Å². The second-order valence-electron chi connectivity index (χ2n) is 3.73. The van der Waals surface area contributed by atoms with Gasteiger partial charge in [-0.3, -0.25) is 4.79 Å². The molecule has 0 bridgehead atoms. The average Bonchev–Trinajstić information content (AvgIpc) is 2.95. The molecule has 6 nitrogen and oxygen atoms in total. The van der Waals surface area contributed by atoms with Crippen LogP contribution in [0.4, 0.5) is 5.82 Å². The molecule has 18 heavy (non-hydrogen) atoms. The van der Waals surface area contributed by atoms with Gasteiger partial charge in [0.05, 0.1) is 5.75 Å². The summed E-state index contributed by atoms with van der Waals surface area (Å²) in [4.78, 5) is 18.9. The molecule has 2 N–H and O–H groups in total. The number of H-pyrrole nitrogens is 1. The Morgan fingerprint density at radius 3 is 3.06 bits per heavy atom. The summed E-state index contributed by atoms with van der Waals surface area (Å²) in [5.41, 5.74) is 1.06. The first-order valence-electron chi connectivity index (χ1n) is 5.57. The van der Waals surface area contributed by atoms with Crippen molar-refractivity contribution in [3.05, 3.63) is 23.7 Å². The normalized spacial score (nSPS) is 10.6. The monoisotopic (exact) mass is 266 g/mol. The number of hydrogen-bond donors (Lipinski definition) is 2. The number of aryl methyl sites for hydroxylation is 2. The first kappa shape index (κ1) is 12.7. The maximum absolute atomic E-state index is 11.6. The van der Waals surface area contributed by atoms with Gasteiger partial charge in [0.1, 0.15) is 5.76 Å². The zero-order chi connectivity index (χ0) is 13.0. The molecule has 0 atom stereocenters. The number of imidazole rings is 1. The highest BCUT2D eigenvalue weighted by molar-refractivity contribution is 7.99. The Labute approximate surface area is 109 Å². The minimum absolute atomic E-state index is 0.136. The summed E-state index contributed by atoms with van der Waals surface area (Å²) in [6.07, 6.45) is 2.68. The zero-order valence-electron chi connectivity index (χ0n) is 10.2. The van der Waals surface area contributed by atoms with Crippen LogP contribution in [0.15, 0.2) is 21.9 Å². The highest BCUT2D eigenvalue weighted by Crippen LogP contribution is 2.14. The SMILES string of the molecule is CCc1cnc(SCC(=O)Nc2cc(C)on2)[nH]1. The zero-order valence-corrected chi connectivity index (χ0v) is 11.0. The van der Waals surface area contributed by atoms with Crippen molar-refractivity contribution in [2.45, 2.75) is 25.4 Å². The quantitative estimate of drug-likeness (QED) is 0.809. The van der Waals surface area contributed by atoms with Crippen molar-refractivity contribution < 1.29 is 9.32 Å². The number of nitrogens with zero attached hydrogens (tertiary/aromatic N) is 2. The van der Waals surface area contributed by atoms with Crippen LogP contribution in [0.1, 0.15) is 18.4 Å². The molecular formula is C11H14N4O2S. The van der Waals surface area contributed by atoms with Gasteiger partial charge in [-0.15, -0.1) is 0 Å². The van der Waals surface area contributed by atoms with E-state index in [0.29, 0.717) is 11.6 Å². The van der Waals surface area contributed by atoms with Crippen molar-refractivity contribution in [2.75, 3.05) is 11.1 Å². The lowest BCUT2D eigenvalue weighted by atomic mass is 10.4. The van der Waals surface area contributed by atoms with Crippen molar-refractivity contribution in [1.29, 1.82) is 0 Å². The lowest BCUT2D eigenvalue weighted by Gasteiger charge is -1.99. The van der Waals surface area contributed by atoms with E-state index in [2.05, 4.69) is 20.4 Å². The molecule has 2 aromatic heterocycles. The molecule has 0 aliphatic carbocycles. The van der Waals surface area contributed by atoms with Crippen LogP contribution in [0.5, 0.6) is 0 Å². The first-order valence-corrected chi connectivity index (χ1v) is 6.55. The number of aromatic nitrogens is 3. The molecule has 0 aliphatic heterocycles. The Morgan fingerprint density at radius 2 is 2.44 bits per heavy atom. The van der Waals surface area contributed by atoms with E-state index in [-0.39, 0.29) is 11.7 Å². The van der Waals surface area contributed by atoms with Crippen molar-refractivity contribution in [3.8, 4) is 0 Å². The molecule has 0 spiro atoms. The number of amides is 1. The number of anilines is 1. The number of carbonyl (C=O) groups is 1. The highest BCUT2D eigenvalue weighted by Gasteiger charge is 2.08. The van der Waals surface area contributed by atoms with Crippen LogP contribution < -0.4 is 5.32 Å². The van der Waals surface area contributed by atoms with Gasteiger partial charge in [-0.05, 0) is 13.3 Å². The van der Waals surface area contributed by atoms with Crippen molar-refractivity contribution in [1.82, 2.24) is 15.1 Å². The summed E-state index contributed by atoms with van der Waals surface area (Å²) < 4.78 is 4.86. The van der Waals surface area contributed by atoms with Crippen LogP contribution in [-0.2, 0) is 11.2 Å². The standard InChI is InChI=1S/C11H14N4O2S/c1-3-8-5-12-11(13-8)18-6-10(16)14-9-4-7(2)17-15-9/h4-5H,3,6H2,1-2H3,(H,12,13)(H,14,15,16). The van der Waals surface area contributed by atoms with Gasteiger partial charge in [-0.25, -0.2) is 4.98 Å². The third kappa shape index (κ3) is 3.36. The van der Waals surface area contributed by atoms with Gasteiger partial charge < -0.3 is 14.8 Å². The van der Waals surface area contributed by atoms with E-state index in [1.165, 1.54) is 11.8 Å². The molecule has 2 aromatic rings. The fourth-order valence-corrected chi connectivity index (χ4v) is 2.00. The van der Waals surface area contributed by atoms with E-state index in [9.17, 15) is 4.79 Å². The second-order valence-corrected chi connectivity index (χ2v) is 4.69. The summed E-state index contributed by atoms with van der Waals surface area (Å²) in [5.74, 6) is 1.24.